The van der Waals surface area contributed by atoms with Gasteiger partial charge < -0.3 is 10.1 Å². The highest BCUT2D eigenvalue weighted by molar-refractivity contribution is 7.11. The molecule has 3 nitrogen and oxygen atoms in total. The molecule has 1 N–H and O–H groups in total. The van der Waals surface area contributed by atoms with Crippen LogP contribution in [0.25, 0.3) is 0 Å². The van der Waals surface area contributed by atoms with E-state index in [9.17, 15) is 0 Å². The first-order chi connectivity index (χ1) is 7.22. The summed E-state index contributed by atoms with van der Waals surface area (Å²) in [5.74, 6) is 0. The number of thiazole rings is 1. The van der Waals surface area contributed by atoms with E-state index >= 15 is 0 Å². The first kappa shape index (κ1) is 11.0. The lowest BCUT2D eigenvalue weighted by Crippen LogP contribution is -2.11. The topological polar surface area (TPSA) is 34.1 Å². The number of aryl methyl sites for hydroxylation is 1. The Bertz CT molecular complexity index is 331. The molecule has 0 radical (unpaired) electrons. The van der Waals surface area contributed by atoms with Crippen molar-refractivity contribution in [2.75, 3.05) is 13.7 Å². The normalized spacial score (nSPS) is 23.3. The average Bonchev–Trinajstić information content (AvgIpc) is 2.84. The highest BCUT2D eigenvalue weighted by Crippen LogP contribution is 2.34. The number of hydrogen-bond donors (Lipinski definition) is 1. The van der Waals surface area contributed by atoms with Gasteiger partial charge in [-0.15, -0.1) is 11.3 Å². The van der Waals surface area contributed by atoms with Crippen molar-refractivity contribution in [3.63, 3.8) is 0 Å². The molecule has 1 fully saturated rings. The van der Waals surface area contributed by atoms with Crippen LogP contribution in [0.3, 0.4) is 0 Å². The number of nitrogens with one attached hydrogen (secondary N) is 1. The fourth-order valence-electron chi connectivity index (χ4n) is 1.87. The third-order valence-electron chi connectivity index (χ3n) is 2.88. The van der Waals surface area contributed by atoms with Gasteiger partial charge >= 0.3 is 0 Å². The molecule has 15 heavy (non-hydrogen) atoms. The summed E-state index contributed by atoms with van der Waals surface area (Å²) in [6.07, 6.45) is 2.55. The van der Waals surface area contributed by atoms with Gasteiger partial charge in [0.25, 0.3) is 0 Å². The quantitative estimate of drug-likeness (QED) is 0.860. The summed E-state index contributed by atoms with van der Waals surface area (Å²) in [6.45, 7) is 5.14. The third-order valence-corrected chi connectivity index (χ3v) is 4.31. The molecule has 1 aromatic rings. The zero-order valence-electron chi connectivity index (χ0n) is 9.54. The van der Waals surface area contributed by atoms with Crippen molar-refractivity contribution in [2.24, 2.45) is 0 Å². The average molecular weight is 226 g/mol. The largest absolute Gasteiger partial charge is 0.371 e. The van der Waals surface area contributed by atoms with Crippen molar-refractivity contribution in [3.8, 4) is 0 Å². The maximum absolute atomic E-state index is 5.65. The molecule has 0 aromatic carbocycles. The van der Waals surface area contributed by atoms with E-state index in [1.165, 1.54) is 11.3 Å². The molecule has 0 amide bonds. The van der Waals surface area contributed by atoms with Gasteiger partial charge in [-0.3, -0.25) is 0 Å². The van der Waals surface area contributed by atoms with Crippen LogP contribution >= 0.6 is 11.3 Å². The summed E-state index contributed by atoms with van der Waals surface area (Å²) in [7, 11) is 1.98. The fourth-order valence-corrected chi connectivity index (χ4v) is 3.09. The van der Waals surface area contributed by atoms with E-state index in [0.717, 1.165) is 23.7 Å². The van der Waals surface area contributed by atoms with E-state index in [0.29, 0.717) is 6.04 Å². The van der Waals surface area contributed by atoms with Gasteiger partial charge in [-0.25, -0.2) is 4.98 Å². The molecule has 2 heterocycles. The Kier molecular flexibility index (Phi) is 3.38. The number of hydrogen-bond acceptors (Lipinski definition) is 4. The zero-order valence-corrected chi connectivity index (χ0v) is 10.4. The van der Waals surface area contributed by atoms with Crippen LogP contribution in [0.15, 0.2) is 0 Å². The Morgan fingerprint density at radius 1 is 1.60 bits per heavy atom. The molecule has 0 spiro atoms. The summed E-state index contributed by atoms with van der Waals surface area (Å²) >= 11 is 1.79. The van der Waals surface area contributed by atoms with Gasteiger partial charge in [0.15, 0.2) is 0 Å². The van der Waals surface area contributed by atoms with E-state index in [2.05, 4.69) is 24.1 Å². The fraction of sp³-hybridized carbons (Fsp3) is 0.727. The predicted octanol–water partition coefficient (Wildman–Crippen LogP) is 2.58. The highest BCUT2D eigenvalue weighted by atomic mass is 32.1. The minimum absolute atomic E-state index is 0.256. The Balaban J connectivity index is 2.20. The Morgan fingerprint density at radius 2 is 2.40 bits per heavy atom. The first-order valence-electron chi connectivity index (χ1n) is 5.48. The molecular weight excluding hydrogens is 208 g/mol. The molecule has 0 bridgehead atoms. The van der Waals surface area contributed by atoms with Gasteiger partial charge in [0.2, 0.25) is 0 Å². The summed E-state index contributed by atoms with van der Waals surface area (Å²) in [4.78, 5) is 5.95. The van der Waals surface area contributed by atoms with Crippen molar-refractivity contribution in [3.05, 3.63) is 15.6 Å². The molecule has 4 heteroatoms. The summed E-state index contributed by atoms with van der Waals surface area (Å²) in [6, 6.07) is 0.387. The van der Waals surface area contributed by atoms with Gasteiger partial charge in [0.05, 0.1) is 5.69 Å². The molecular formula is C11H18N2OS. The summed E-state index contributed by atoms with van der Waals surface area (Å²) in [5.41, 5.74) is 1.15. The van der Waals surface area contributed by atoms with Crippen LogP contribution in [0.2, 0.25) is 0 Å². The van der Waals surface area contributed by atoms with Gasteiger partial charge in [-0.1, -0.05) is 0 Å². The lowest BCUT2D eigenvalue weighted by Gasteiger charge is -2.07. The molecule has 2 unspecified atom stereocenters. The van der Waals surface area contributed by atoms with Crippen LogP contribution in [-0.2, 0) is 4.74 Å². The number of nitrogens with zero attached hydrogens (tertiary/aromatic N) is 1. The van der Waals surface area contributed by atoms with Crippen molar-refractivity contribution in [1.29, 1.82) is 0 Å². The molecule has 2 rings (SSSR count). The summed E-state index contributed by atoms with van der Waals surface area (Å²) in [5, 5.41) is 4.41. The van der Waals surface area contributed by atoms with Gasteiger partial charge in [0.1, 0.15) is 11.1 Å². The minimum atomic E-state index is 0.256. The standard InChI is InChI=1S/C11H18N2OS/c1-7(12-3)10-8(2)13-11(15-10)9-5-4-6-14-9/h7,9,12H,4-6H2,1-3H3. The number of rotatable bonds is 3. The van der Waals surface area contributed by atoms with E-state index in [1.807, 2.05) is 7.05 Å². The molecule has 1 aliphatic rings. The second kappa shape index (κ2) is 4.60. The van der Waals surface area contributed by atoms with Gasteiger partial charge in [-0.05, 0) is 33.7 Å². The monoisotopic (exact) mass is 226 g/mol. The maximum Gasteiger partial charge on any atom is 0.122 e. The van der Waals surface area contributed by atoms with Crippen LogP contribution in [0.4, 0.5) is 0 Å². The first-order valence-corrected chi connectivity index (χ1v) is 6.30. The molecule has 0 saturated carbocycles. The SMILES string of the molecule is CNC(C)c1sc(C2CCCO2)nc1C. The van der Waals surface area contributed by atoms with Crippen LogP contribution in [0.1, 0.15) is 47.5 Å². The highest BCUT2D eigenvalue weighted by Gasteiger charge is 2.23. The Hall–Kier alpha value is -0.450. The molecule has 1 aromatic heterocycles. The van der Waals surface area contributed by atoms with Gasteiger partial charge in [-0.2, -0.15) is 0 Å². The van der Waals surface area contributed by atoms with Crippen molar-refractivity contribution in [2.45, 2.75) is 38.8 Å². The Labute approximate surface area is 94.9 Å². The van der Waals surface area contributed by atoms with Gasteiger partial charge in [0, 0.05) is 17.5 Å². The van der Waals surface area contributed by atoms with E-state index in [4.69, 9.17) is 4.74 Å². The minimum Gasteiger partial charge on any atom is -0.371 e. The van der Waals surface area contributed by atoms with Crippen LogP contribution in [0.5, 0.6) is 0 Å². The lowest BCUT2D eigenvalue weighted by molar-refractivity contribution is 0.111. The Morgan fingerprint density at radius 3 is 3.00 bits per heavy atom. The molecule has 0 aliphatic carbocycles. The van der Waals surface area contributed by atoms with Crippen molar-refractivity contribution < 1.29 is 4.74 Å². The van der Waals surface area contributed by atoms with Crippen molar-refractivity contribution in [1.82, 2.24) is 10.3 Å². The second-order valence-electron chi connectivity index (χ2n) is 4.01. The predicted molar refractivity (Wildman–Crippen MR) is 62.3 cm³/mol. The van der Waals surface area contributed by atoms with E-state index in [-0.39, 0.29) is 6.10 Å². The summed E-state index contributed by atoms with van der Waals surface area (Å²) < 4.78 is 5.65. The van der Waals surface area contributed by atoms with Crippen molar-refractivity contribution >= 4 is 11.3 Å². The van der Waals surface area contributed by atoms with Crippen LogP contribution in [-0.4, -0.2) is 18.6 Å². The van der Waals surface area contributed by atoms with E-state index < -0.39 is 0 Å². The molecule has 84 valence electrons. The van der Waals surface area contributed by atoms with E-state index in [1.54, 1.807) is 11.3 Å². The second-order valence-corrected chi connectivity index (χ2v) is 5.08. The molecule has 2 atom stereocenters. The number of ether oxygens (including phenoxy) is 1. The lowest BCUT2D eigenvalue weighted by atomic mass is 10.2. The molecule has 1 saturated heterocycles. The van der Waals surface area contributed by atoms with Crippen LogP contribution in [0, 0.1) is 6.92 Å². The number of aromatic nitrogens is 1. The smallest absolute Gasteiger partial charge is 0.122 e. The van der Waals surface area contributed by atoms with Crippen LogP contribution < -0.4 is 5.32 Å². The zero-order chi connectivity index (χ0) is 10.8. The third kappa shape index (κ3) is 2.22. The maximum atomic E-state index is 5.65. The molecule has 1 aliphatic heterocycles.